The fourth-order valence-corrected chi connectivity index (χ4v) is 3.83. The molecule has 3 aromatic rings. The lowest BCUT2D eigenvalue weighted by Crippen LogP contribution is -2.31. The molecule has 0 bridgehead atoms. The number of benzene rings is 1. The zero-order valence-electron chi connectivity index (χ0n) is 16.5. The summed E-state index contributed by atoms with van der Waals surface area (Å²) in [7, 11) is 0. The highest BCUT2D eigenvalue weighted by atomic mass is 19.4. The van der Waals surface area contributed by atoms with Gasteiger partial charge in [0.1, 0.15) is 0 Å². The molecule has 0 radical (unpaired) electrons. The highest BCUT2D eigenvalue weighted by Crippen LogP contribution is 2.32. The van der Waals surface area contributed by atoms with Crippen LogP contribution in [0.3, 0.4) is 0 Å². The Bertz CT molecular complexity index is 1120. The lowest BCUT2D eigenvalue weighted by atomic mass is 10.0. The van der Waals surface area contributed by atoms with E-state index in [2.05, 4.69) is 9.97 Å². The molecule has 0 saturated carbocycles. The second kappa shape index (κ2) is 8.37. The Labute approximate surface area is 176 Å². The highest BCUT2D eigenvalue weighted by Gasteiger charge is 2.32. The van der Waals surface area contributed by atoms with Crippen molar-refractivity contribution >= 4 is 5.91 Å². The molecule has 2 aromatic heterocycles. The van der Waals surface area contributed by atoms with Crippen molar-refractivity contribution in [3.05, 3.63) is 99.2 Å². The van der Waals surface area contributed by atoms with E-state index in [0.717, 1.165) is 41.9 Å². The Morgan fingerprint density at radius 3 is 2.55 bits per heavy atom. The number of rotatable bonds is 4. The van der Waals surface area contributed by atoms with Gasteiger partial charge in [-0.3, -0.25) is 14.6 Å². The molecule has 1 aliphatic rings. The van der Waals surface area contributed by atoms with Crippen LogP contribution in [-0.2, 0) is 12.6 Å². The maximum Gasteiger partial charge on any atom is 0.416 e. The van der Waals surface area contributed by atoms with E-state index in [-0.39, 0.29) is 17.5 Å². The summed E-state index contributed by atoms with van der Waals surface area (Å²) in [5, 5.41) is 0. The van der Waals surface area contributed by atoms with E-state index < -0.39 is 11.7 Å². The fourth-order valence-electron chi connectivity index (χ4n) is 3.83. The predicted octanol–water partition coefficient (Wildman–Crippen LogP) is 4.36. The first-order valence-corrected chi connectivity index (χ1v) is 9.93. The van der Waals surface area contributed by atoms with E-state index in [1.54, 1.807) is 4.90 Å². The number of aromatic nitrogens is 2. The SMILES string of the molecule is O=C(c1ccc(=O)[nH]c1)N1CCCC1c1cccc(Cc2ccc(C(F)(F)F)cc2)n1. The minimum absolute atomic E-state index is 0.173. The van der Waals surface area contributed by atoms with Gasteiger partial charge in [-0.25, -0.2) is 0 Å². The van der Waals surface area contributed by atoms with Crippen LogP contribution in [-0.4, -0.2) is 27.3 Å². The Morgan fingerprint density at radius 1 is 1.10 bits per heavy atom. The second-order valence-electron chi connectivity index (χ2n) is 7.52. The van der Waals surface area contributed by atoms with E-state index in [0.29, 0.717) is 18.5 Å². The van der Waals surface area contributed by atoms with Crippen molar-refractivity contribution in [1.29, 1.82) is 0 Å². The third-order valence-corrected chi connectivity index (χ3v) is 5.38. The van der Waals surface area contributed by atoms with Crippen molar-refractivity contribution in [2.24, 2.45) is 0 Å². The normalized spacial score (nSPS) is 16.5. The number of carbonyl (C=O) groups excluding carboxylic acids is 1. The molecular formula is C23H20F3N3O2. The van der Waals surface area contributed by atoms with Gasteiger partial charge in [-0.05, 0) is 48.7 Å². The molecule has 1 aromatic carbocycles. The van der Waals surface area contributed by atoms with Crippen molar-refractivity contribution in [1.82, 2.24) is 14.9 Å². The third kappa shape index (κ3) is 4.68. The molecule has 160 valence electrons. The number of aromatic amines is 1. The minimum Gasteiger partial charge on any atom is -0.330 e. The zero-order chi connectivity index (χ0) is 22.0. The van der Waals surface area contributed by atoms with Gasteiger partial charge in [-0.1, -0.05) is 18.2 Å². The number of carbonyl (C=O) groups is 1. The van der Waals surface area contributed by atoms with Crippen molar-refractivity contribution in [2.75, 3.05) is 6.54 Å². The molecular weight excluding hydrogens is 407 g/mol. The number of hydrogen-bond donors (Lipinski definition) is 1. The van der Waals surface area contributed by atoms with Crippen LogP contribution in [0, 0.1) is 0 Å². The average Bonchev–Trinajstić information content (AvgIpc) is 3.24. The maximum absolute atomic E-state index is 12.9. The number of hydrogen-bond acceptors (Lipinski definition) is 3. The molecule has 1 atom stereocenters. The monoisotopic (exact) mass is 427 g/mol. The zero-order valence-corrected chi connectivity index (χ0v) is 16.5. The molecule has 1 aliphatic heterocycles. The topological polar surface area (TPSA) is 66.1 Å². The molecule has 1 saturated heterocycles. The van der Waals surface area contributed by atoms with Crippen molar-refractivity contribution in [2.45, 2.75) is 31.5 Å². The first-order valence-electron chi connectivity index (χ1n) is 9.93. The number of H-pyrrole nitrogens is 1. The minimum atomic E-state index is -4.36. The molecule has 8 heteroatoms. The van der Waals surface area contributed by atoms with E-state index >= 15 is 0 Å². The molecule has 1 amide bonds. The lowest BCUT2D eigenvalue weighted by Gasteiger charge is -2.24. The lowest BCUT2D eigenvalue weighted by molar-refractivity contribution is -0.137. The summed E-state index contributed by atoms with van der Waals surface area (Å²) in [5.74, 6) is -0.173. The van der Waals surface area contributed by atoms with E-state index in [9.17, 15) is 22.8 Å². The van der Waals surface area contributed by atoms with Gasteiger partial charge in [0.25, 0.3) is 5.91 Å². The summed E-state index contributed by atoms with van der Waals surface area (Å²) in [6, 6.07) is 13.2. The summed E-state index contributed by atoms with van der Waals surface area (Å²) < 4.78 is 38.3. The van der Waals surface area contributed by atoms with Crippen LogP contribution in [0.15, 0.2) is 65.6 Å². The molecule has 5 nitrogen and oxygen atoms in total. The van der Waals surface area contributed by atoms with E-state index in [1.165, 1.54) is 30.5 Å². The number of nitrogens with one attached hydrogen (secondary N) is 1. The van der Waals surface area contributed by atoms with Crippen molar-refractivity contribution in [3.8, 4) is 0 Å². The summed E-state index contributed by atoms with van der Waals surface area (Å²) >= 11 is 0. The van der Waals surface area contributed by atoms with Crippen LogP contribution in [0.2, 0.25) is 0 Å². The number of nitrogens with zero attached hydrogens (tertiary/aromatic N) is 2. The highest BCUT2D eigenvalue weighted by molar-refractivity contribution is 5.94. The molecule has 0 aliphatic carbocycles. The second-order valence-corrected chi connectivity index (χ2v) is 7.52. The van der Waals surface area contributed by atoms with Gasteiger partial charge in [-0.15, -0.1) is 0 Å². The number of alkyl halides is 3. The Hall–Kier alpha value is -3.42. The van der Waals surface area contributed by atoms with Gasteiger partial charge in [0.2, 0.25) is 5.56 Å². The first-order chi connectivity index (χ1) is 14.8. The largest absolute Gasteiger partial charge is 0.416 e. The summed E-state index contributed by atoms with van der Waals surface area (Å²) in [5.41, 5.74) is 1.66. The van der Waals surface area contributed by atoms with Gasteiger partial charge in [0.15, 0.2) is 0 Å². The predicted molar refractivity (Wildman–Crippen MR) is 109 cm³/mol. The average molecular weight is 427 g/mol. The molecule has 1 unspecified atom stereocenters. The first kappa shape index (κ1) is 20.8. The Balaban J connectivity index is 1.52. The summed E-state index contributed by atoms with van der Waals surface area (Å²) in [6.07, 6.45) is -0.946. The fraction of sp³-hybridized carbons (Fsp3) is 0.261. The quantitative estimate of drug-likeness (QED) is 0.673. The van der Waals surface area contributed by atoms with Gasteiger partial charge < -0.3 is 9.88 Å². The molecule has 31 heavy (non-hydrogen) atoms. The van der Waals surface area contributed by atoms with Gasteiger partial charge in [0, 0.05) is 30.9 Å². The van der Waals surface area contributed by atoms with Crippen LogP contribution >= 0.6 is 0 Å². The number of amides is 1. The smallest absolute Gasteiger partial charge is 0.330 e. The van der Waals surface area contributed by atoms with Gasteiger partial charge >= 0.3 is 6.18 Å². The van der Waals surface area contributed by atoms with Crippen LogP contribution < -0.4 is 5.56 Å². The molecule has 1 fully saturated rings. The Morgan fingerprint density at radius 2 is 1.87 bits per heavy atom. The van der Waals surface area contributed by atoms with Crippen molar-refractivity contribution in [3.63, 3.8) is 0 Å². The van der Waals surface area contributed by atoms with Crippen molar-refractivity contribution < 1.29 is 18.0 Å². The van der Waals surface area contributed by atoms with E-state index in [4.69, 9.17) is 0 Å². The molecule has 1 N–H and O–H groups in total. The summed E-state index contributed by atoms with van der Waals surface area (Å²) in [6.45, 7) is 0.591. The van der Waals surface area contributed by atoms with Crippen LogP contribution in [0.4, 0.5) is 13.2 Å². The molecule has 0 spiro atoms. The Kier molecular flexibility index (Phi) is 5.63. The summed E-state index contributed by atoms with van der Waals surface area (Å²) in [4.78, 5) is 33.1. The van der Waals surface area contributed by atoms with Crippen LogP contribution in [0.1, 0.15) is 51.8 Å². The number of likely N-dealkylation sites (tertiary alicyclic amines) is 1. The molecule has 4 rings (SSSR count). The van der Waals surface area contributed by atoms with Crippen LogP contribution in [0.25, 0.3) is 0 Å². The standard InChI is InChI=1S/C23H20F3N3O2/c24-23(25,26)17-9-6-15(7-10-17)13-18-3-1-4-19(28-18)20-5-2-12-29(20)22(31)16-8-11-21(30)27-14-16/h1,3-4,6-11,14,20H,2,5,12-13H2,(H,27,30). The van der Waals surface area contributed by atoms with Crippen LogP contribution in [0.5, 0.6) is 0 Å². The maximum atomic E-state index is 12.9. The van der Waals surface area contributed by atoms with E-state index in [1.807, 2.05) is 18.2 Å². The third-order valence-electron chi connectivity index (χ3n) is 5.38. The van der Waals surface area contributed by atoms with Gasteiger partial charge in [0.05, 0.1) is 22.9 Å². The number of pyridine rings is 2. The molecule has 3 heterocycles. The number of halogens is 3. The van der Waals surface area contributed by atoms with Gasteiger partial charge in [-0.2, -0.15) is 13.2 Å².